The molecule has 39 heavy (non-hydrogen) atoms. The van der Waals surface area contributed by atoms with Gasteiger partial charge in [0.25, 0.3) is 5.91 Å². The molecule has 1 saturated heterocycles. The van der Waals surface area contributed by atoms with E-state index in [0.29, 0.717) is 30.4 Å². The first-order valence-electron chi connectivity index (χ1n) is 13.6. The van der Waals surface area contributed by atoms with Crippen LogP contribution in [-0.2, 0) is 11.2 Å². The van der Waals surface area contributed by atoms with Crippen molar-refractivity contribution in [3.05, 3.63) is 89.5 Å². The van der Waals surface area contributed by atoms with Crippen LogP contribution in [0.4, 0.5) is 0 Å². The number of hydrogen-bond donors (Lipinski definition) is 0. The Balaban J connectivity index is 1.35. The molecule has 7 nitrogen and oxygen atoms in total. The maximum atomic E-state index is 13.8. The van der Waals surface area contributed by atoms with E-state index in [1.165, 1.54) is 5.56 Å². The molecule has 0 N–H and O–H groups in total. The number of ether oxygens (including phenoxy) is 3. The molecule has 1 fully saturated rings. The molecule has 0 saturated carbocycles. The van der Waals surface area contributed by atoms with E-state index >= 15 is 0 Å². The number of methoxy groups -OCH3 is 3. The summed E-state index contributed by atoms with van der Waals surface area (Å²) < 4.78 is 16.8. The number of carbonyl (C=O) groups is 1. The standard InChI is InChI=1S/C32H37N3O4/c1-37-25-13-14-31(39-3)27(20-25)29-21-28(26-11-7-8-12-30(26)38-2)33-35(29)32(36)22-34-17-15-24(16-18-34)19-23-9-5-4-6-10-23/h4-14,20,24,29H,15-19,21-22H2,1-3H3/t29-/m0/s1. The minimum absolute atomic E-state index is 0.0173. The second-order valence-electron chi connectivity index (χ2n) is 10.2. The van der Waals surface area contributed by atoms with E-state index in [9.17, 15) is 4.79 Å². The maximum Gasteiger partial charge on any atom is 0.257 e. The Morgan fingerprint density at radius 2 is 1.59 bits per heavy atom. The Kier molecular flexibility index (Phi) is 8.47. The fraction of sp³-hybridized carbons (Fsp3) is 0.375. The van der Waals surface area contributed by atoms with Gasteiger partial charge in [0.05, 0.1) is 39.6 Å². The van der Waals surface area contributed by atoms with Gasteiger partial charge in [-0.25, -0.2) is 5.01 Å². The van der Waals surface area contributed by atoms with E-state index in [2.05, 4.69) is 35.2 Å². The van der Waals surface area contributed by atoms with Gasteiger partial charge in [-0.05, 0) is 74.2 Å². The fourth-order valence-corrected chi connectivity index (χ4v) is 5.69. The zero-order valence-electron chi connectivity index (χ0n) is 23.0. The van der Waals surface area contributed by atoms with Crippen molar-refractivity contribution < 1.29 is 19.0 Å². The predicted molar refractivity (Wildman–Crippen MR) is 153 cm³/mol. The maximum absolute atomic E-state index is 13.8. The molecule has 7 heteroatoms. The largest absolute Gasteiger partial charge is 0.497 e. The summed E-state index contributed by atoms with van der Waals surface area (Å²) in [7, 11) is 4.94. The highest BCUT2D eigenvalue weighted by Crippen LogP contribution is 2.40. The molecule has 0 radical (unpaired) electrons. The van der Waals surface area contributed by atoms with Crippen molar-refractivity contribution in [2.24, 2.45) is 11.0 Å². The van der Waals surface area contributed by atoms with Crippen LogP contribution in [0, 0.1) is 5.92 Å². The minimum atomic E-state index is -0.307. The summed E-state index contributed by atoms with van der Waals surface area (Å²) in [5, 5.41) is 6.54. The van der Waals surface area contributed by atoms with Crippen LogP contribution in [0.1, 0.15) is 42.0 Å². The summed E-state index contributed by atoms with van der Waals surface area (Å²) in [4.78, 5) is 16.1. The quantitative estimate of drug-likeness (QED) is 0.376. The second kappa shape index (κ2) is 12.3. The number of carbonyl (C=O) groups excluding carboxylic acids is 1. The number of amides is 1. The van der Waals surface area contributed by atoms with Gasteiger partial charge >= 0.3 is 0 Å². The molecule has 0 aromatic heterocycles. The fourth-order valence-electron chi connectivity index (χ4n) is 5.69. The first-order chi connectivity index (χ1) is 19.1. The first kappa shape index (κ1) is 26.8. The van der Waals surface area contributed by atoms with Gasteiger partial charge < -0.3 is 14.2 Å². The average molecular weight is 528 g/mol. The van der Waals surface area contributed by atoms with E-state index < -0.39 is 0 Å². The number of piperidine rings is 1. The van der Waals surface area contributed by atoms with Crippen molar-refractivity contribution in [2.45, 2.75) is 31.7 Å². The highest BCUT2D eigenvalue weighted by atomic mass is 16.5. The van der Waals surface area contributed by atoms with Crippen LogP contribution in [-0.4, -0.2) is 62.5 Å². The van der Waals surface area contributed by atoms with Crippen LogP contribution in [0.3, 0.4) is 0 Å². The lowest BCUT2D eigenvalue weighted by molar-refractivity contribution is -0.134. The molecular formula is C32H37N3O4. The molecule has 0 bridgehead atoms. The zero-order valence-corrected chi connectivity index (χ0v) is 23.0. The summed E-state index contributed by atoms with van der Waals surface area (Å²) in [6, 6.07) is 23.9. The summed E-state index contributed by atoms with van der Waals surface area (Å²) in [6.45, 7) is 2.16. The molecule has 2 heterocycles. The predicted octanol–water partition coefficient (Wildman–Crippen LogP) is 5.34. The lowest BCUT2D eigenvalue weighted by Crippen LogP contribution is -2.42. The van der Waals surface area contributed by atoms with E-state index in [-0.39, 0.29) is 11.9 Å². The second-order valence-corrected chi connectivity index (χ2v) is 10.2. The normalized spacial score (nSPS) is 18.1. The van der Waals surface area contributed by atoms with Crippen LogP contribution in [0.2, 0.25) is 0 Å². The molecule has 5 rings (SSSR count). The molecule has 204 valence electrons. The topological polar surface area (TPSA) is 63.6 Å². The van der Waals surface area contributed by atoms with Crippen LogP contribution < -0.4 is 14.2 Å². The highest BCUT2D eigenvalue weighted by molar-refractivity contribution is 6.05. The van der Waals surface area contributed by atoms with Crippen molar-refractivity contribution in [1.82, 2.24) is 9.91 Å². The lowest BCUT2D eigenvalue weighted by Gasteiger charge is -2.33. The van der Waals surface area contributed by atoms with Crippen molar-refractivity contribution in [3.8, 4) is 17.2 Å². The van der Waals surface area contributed by atoms with Crippen molar-refractivity contribution >= 4 is 11.6 Å². The van der Waals surface area contributed by atoms with E-state index in [4.69, 9.17) is 19.3 Å². The van der Waals surface area contributed by atoms with Crippen LogP contribution >= 0.6 is 0 Å². The molecule has 3 aromatic rings. The Labute approximate surface area is 231 Å². The first-order valence-corrected chi connectivity index (χ1v) is 13.6. The molecule has 0 spiro atoms. The van der Waals surface area contributed by atoms with E-state index in [1.54, 1.807) is 26.3 Å². The van der Waals surface area contributed by atoms with Crippen LogP contribution in [0.15, 0.2) is 77.9 Å². The van der Waals surface area contributed by atoms with Gasteiger partial charge in [-0.2, -0.15) is 5.10 Å². The van der Waals surface area contributed by atoms with Crippen molar-refractivity contribution in [1.29, 1.82) is 0 Å². The SMILES string of the molecule is COc1ccc(OC)c([C@@H]2CC(c3ccccc3OC)=NN2C(=O)CN2CCC(Cc3ccccc3)CC2)c1. The lowest BCUT2D eigenvalue weighted by atomic mass is 9.90. The summed E-state index contributed by atoms with van der Waals surface area (Å²) in [5.41, 5.74) is 3.97. The van der Waals surface area contributed by atoms with Gasteiger partial charge in [-0.3, -0.25) is 9.69 Å². The number of nitrogens with zero attached hydrogens (tertiary/aromatic N) is 3. The molecule has 2 aliphatic heterocycles. The van der Waals surface area contributed by atoms with Gasteiger partial charge in [0.1, 0.15) is 17.2 Å². The molecule has 2 aliphatic rings. The molecular weight excluding hydrogens is 490 g/mol. The summed E-state index contributed by atoms with van der Waals surface area (Å²) in [6.07, 6.45) is 3.82. The Bertz CT molecular complexity index is 1300. The number of likely N-dealkylation sites (tertiary alicyclic amines) is 1. The van der Waals surface area contributed by atoms with E-state index in [0.717, 1.165) is 54.9 Å². The van der Waals surface area contributed by atoms with Gasteiger partial charge in [0, 0.05) is 17.5 Å². The smallest absolute Gasteiger partial charge is 0.257 e. The Hall–Kier alpha value is -3.84. The highest BCUT2D eigenvalue weighted by Gasteiger charge is 2.36. The third kappa shape index (κ3) is 6.09. The molecule has 0 aliphatic carbocycles. The van der Waals surface area contributed by atoms with E-state index in [1.807, 2.05) is 42.5 Å². The Morgan fingerprint density at radius 1 is 0.872 bits per heavy atom. The summed E-state index contributed by atoms with van der Waals surface area (Å²) in [5.74, 6) is 2.79. The average Bonchev–Trinajstić information content (AvgIpc) is 3.44. The Morgan fingerprint density at radius 3 is 2.31 bits per heavy atom. The van der Waals surface area contributed by atoms with Gasteiger partial charge in [-0.1, -0.05) is 42.5 Å². The molecule has 1 amide bonds. The minimum Gasteiger partial charge on any atom is -0.497 e. The van der Waals surface area contributed by atoms with Gasteiger partial charge in [-0.15, -0.1) is 0 Å². The third-order valence-electron chi connectivity index (χ3n) is 7.81. The monoisotopic (exact) mass is 527 g/mol. The van der Waals surface area contributed by atoms with Crippen LogP contribution in [0.5, 0.6) is 17.2 Å². The number of benzene rings is 3. The van der Waals surface area contributed by atoms with Crippen LogP contribution in [0.25, 0.3) is 0 Å². The van der Waals surface area contributed by atoms with Gasteiger partial charge in [0.2, 0.25) is 0 Å². The van der Waals surface area contributed by atoms with Crippen molar-refractivity contribution in [2.75, 3.05) is 41.0 Å². The molecule has 3 aromatic carbocycles. The molecule has 0 unspecified atom stereocenters. The number of hydrogen-bond acceptors (Lipinski definition) is 6. The zero-order chi connectivity index (χ0) is 27.2. The number of rotatable bonds is 9. The molecule has 1 atom stereocenters. The number of para-hydroxylation sites is 1. The summed E-state index contributed by atoms with van der Waals surface area (Å²) >= 11 is 0. The third-order valence-corrected chi connectivity index (χ3v) is 7.81. The van der Waals surface area contributed by atoms with Crippen molar-refractivity contribution in [3.63, 3.8) is 0 Å². The van der Waals surface area contributed by atoms with Gasteiger partial charge in [0.15, 0.2) is 0 Å². The number of hydrazone groups is 1.